The third kappa shape index (κ3) is 3.77. The van der Waals surface area contributed by atoms with Crippen molar-refractivity contribution in [3.05, 3.63) is 58.1 Å². The minimum absolute atomic E-state index is 0.00897. The maximum absolute atomic E-state index is 12.7. The Bertz CT molecular complexity index is 1070. The van der Waals surface area contributed by atoms with Gasteiger partial charge in [-0.1, -0.05) is 17.7 Å². The summed E-state index contributed by atoms with van der Waals surface area (Å²) < 4.78 is 25.8. The number of nitrogens with one attached hydrogen (secondary N) is 1. The zero-order chi connectivity index (χ0) is 20.9. The Labute approximate surface area is 169 Å². The molecular weight excluding hydrogens is 400 g/mol. The number of amides is 2. The van der Waals surface area contributed by atoms with Crippen LogP contribution in [-0.4, -0.2) is 26.0 Å². The van der Waals surface area contributed by atoms with Crippen LogP contribution in [0.4, 0.5) is 11.4 Å². The number of aryl methyl sites for hydroxylation is 2. The molecule has 3 rings (SSSR count). The molecule has 0 bridgehead atoms. The van der Waals surface area contributed by atoms with E-state index in [0.717, 1.165) is 11.1 Å². The minimum atomic E-state index is -3.86. The van der Waals surface area contributed by atoms with Crippen molar-refractivity contribution in [3.8, 4) is 0 Å². The van der Waals surface area contributed by atoms with Gasteiger partial charge in [0.1, 0.15) is 0 Å². The molecule has 28 heavy (non-hydrogen) atoms. The first-order valence-electron chi connectivity index (χ1n) is 8.67. The van der Waals surface area contributed by atoms with Gasteiger partial charge >= 0.3 is 0 Å². The average Bonchev–Trinajstić information content (AvgIpc) is 2.70. The maximum atomic E-state index is 12.7. The Kier molecular flexibility index (Phi) is 5.02. The highest BCUT2D eigenvalue weighted by atomic mass is 35.5. The first-order valence-corrected chi connectivity index (χ1v) is 10.7. The van der Waals surface area contributed by atoms with E-state index < -0.39 is 27.3 Å². The Hall–Kier alpha value is -2.38. The summed E-state index contributed by atoms with van der Waals surface area (Å²) in [5.74, 6) is -1.30. The Balaban J connectivity index is 1.98. The zero-order valence-electron chi connectivity index (χ0n) is 16.0. The van der Waals surface area contributed by atoms with E-state index in [1.165, 1.54) is 18.2 Å². The highest BCUT2D eigenvalue weighted by Gasteiger charge is 2.50. The Morgan fingerprint density at radius 3 is 2.25 bits per heavy atom. The lowest BCUT2D eigenvalue weighted by atomic mass is 9.95. The number of carbonyl (C=O) groups is 2. The van der Waals surface area contributed by atoms with E-state index in [2.05, 4.69) is 5.32 Å². The van der Waals surface area contributed by atoms with Gasteiger partial charge in [0.2, 0.25) is 15.9 Å². The van der Waals surface area contributed by atoms with Gasteiger partial charge in [-0.3, -0.25) is 9.59 Å². The standard InChI is InChI=1S/C20H21ClN2O4S/c1-12-7-13(2)9-15(8-12)22-18(24)14-5-6-16(21)17(10-14)23-19(25)20(3,4)11-28(23,26)27/h5-10H,11H2,1-4H3,(H,22,24). The third-order valence-electron chi connectivity index (χ3n) is 4.49. The largest absolute Gasteiger partial charge is 0.322 e. The summed E-state index contributed by atoms with van der Waals surface area (Å²) in [5.41, 5.74) is 1.77. The number of nitrogens with zero attached hydrogens (tertiary/aromatic N) is 1. The summed E-state index contributed by atoms with van der Waals surface area (Å²) >= 11 is 6.18. The van der Waals surface area contributed by atoms with Crippen molar-refractivity contribution in [2.45, 2.75) is 27.7 Å². The normalized spacial score (nSPS) is 17.6. The van der Waals surface area contributed by atoms with Crippen LogP contribution in [0.25, 0.3) is 0 Å². The van der Waals surface area contributed by atoms with Crippen LogP contribution in [-0.2, 0) is 14.8 Å². The molecule has 2 amide bonds. The van der Waals surface area contributed by atoms with Gasteiger partial charge < -0.3 is 5.32 Å². The van der Waals surface area contributed by atoms with Crippen LogP contribution in [0, 0.1) is 19.3 Å². The molecular formula is C20H21ClN2O4S. The fourth-order valence-electron chi connectivity index (χ4n) is 3.30. The molecule has 148 valence electrons. The van der Waals surface area contributed by atoms with Gasteiger partial charge in [-0.2, -0.15) is 0 Å². The smallest absolute Gasteiger partial charge is 0.255 e. The molecule has 0 radical (unpaired) electrons. The SMILES string of the molecule is Cc1cc(C)cc(NC(=O)c2ccc(Cl)c(N3C(=O)C(C)(C)CS3(=O)=O)c2)c1. The molecule has 1 heterocycles. The van der Waals surface area contributed by atoms with E-state index in [-0.39, 0.29) is 22.0 Å². The molecule has 2 aromatic rings. The minimum Gasteiger partial charge on any atom is -0.322 e. The van der Waals surface area contributed by atoms with Crippen LogP contribution in [0.5, 0.6) is 0 Å². The van der Waals surface area contributed by atoms with Crippen LogP contribution in [0.2, 0.25) is 5.02 Å². The van der Waals surface area contributed by atoms with E-state index >= 15 is 0 Å². The maximum Gasteiger partial charge on any atom is 0.255 e. The molecule has 1 aliphatic heterocycles. The lowest BCUT2D eigenvalue weighted by molar-refractivity contribution is -0.123. The fourth-order valence-corrected chi connectivity index (χ4v) is 5.67. The summed E-state index contributed by atoms with van der Waals surface area (Å²) in [4.78, 5) is 25.3. The van der Waals surface area contributed by atoms with E-state index in [4.69, 9.17) is 11.6 Å². The highest BCUT2D eigenvalue weighted by Crippen LogP contribution is 2.39. The number of rotatable bonds is 3. The van der Waals surface area contributed by atoms with Crippen LogP contribution in [0.15, 0.2) is 36.4 Å². The number of hydrogen-bond acceptors (Lipinski definition) is 4. The number of carbonyl (C=O) groups excluding carboxylic acids is 2. The lowest BCUT2D eigenvalue weighted by Gasteiger charge is -2.19. The van der Waals surface area contributed by atoms with Gasteiger partial charge in [0.05, 0.1) is 21.9 Å². The molecule has 1 saturated heterocycles. The van der Waals surface area contributed by atoms with Crippen molar-refractivity contribution in [2.75, 3.05) is 15.4 Å². The predicted molar refractivity (Wildman–Crippen MR) is 110 cm³/mol. The Morgan fingerprint density at radius 1 is 1.11 bits per heavy atom. The molecule has 6 nitrogen and oxygen atoms in total. The first kappa shape index (κ1) is 20.4. The monoisotopic (exact) mass is 420 g/mol. The van der Waals surface area contributed by atoms with Crippen LogP contribution in [0.3, 0.4) is 0 Å². The summed E-state index contributed by atoms with van der Waals surface area (Å²) in [5, 5.41) is 2.87. The molecule has 1 N–H and O–H groups in total. The van der Waals surface area contributed by atoms with E-state index in [9.17, 15) is 18.0 Å². The lowest BCUT2D eigenvalue weighted by Crippen LogP contribution is -2.33. The fraction of sp³-hybridized carbons (Fsp3) is 0.300. The number of sulfonamides is 1. The van der Waals surface area contributed by atoms with Crippen molar-refractivity contribution in [1.82, 2.24) is 0 Å². The molecule has 0 aliphatic carbocycles. The van der Waals surface area contributed by atoms with E-state index in [1.807, 2.05) is 32.0 Å². The average molecular weight is 421 g/mol. The topological polar surface area (TPSA) is 83.6 Å². The van der Waals surface area contributed by atoms with Crippen molar-refractivity contribution >= 4 is 44.8 Å². The molecule has 0 spiro atoms. The second-order valence-electron chi connectivity index (χ2n) is 7.71. The van der Waals surface area contributed by atoms with Crippen molar-refractivity contribution in [2.24, 2.45) is 5.41 Å². The van der Waals surface area contributed by atoms with Gasteiger partial charge in [0, 0.05) is 11.3 Å². The van der Waals surface area contributed by atoms with Gasteiger partial charge in [-0.05, 0) is 69.2 Å². The first-order chi connectivity index (χ1) is 12.9. The number of anilines is 2. The molecule has 0 saturated carbocycles. The van der Waals surface area contributed by atoms with E-state index in [1.54, 1.807) is 13.8 Å². The predicted octanol–water partition coefficient (Wildman–Crippen LogP) is 3.91. The van der Waals surface area contributed by atoms with Gasteiger partial charge in [0.25, 0.3) is 5.91 Å². The third-order valence-corrected chi connectivity index (χ3v) is 6.82. The van der Waals surface area contributed by atoms with Crippen molar-refractivity contribution in [1.29, 1.82) is 0 Å². The molecule has 1 aliphatic rings. The number of benzene rings is 2. The second-order valence-corrected chi connectivity index (χ2v) is 9.93. The second kappa shape index (κ2) is 6.90. The van der Waals surface area contributed by atoms with Gasteiger partial charge in [0.15, 0.2) is 0 Å². The zero-order valence-corrected chi connectivity index (χ0v) is 17.6. The molecule has 2 aromatic carbocycles. The van der Waals surface area contributed by atoms with Crippen molar-refractivity contribution in [3.63, 3.8) is 0 Å². The molecule has 0 unspecified atom stereocenters. The molecule has 0 aromatic heterocycles. The summed E-state index contributed by atoms with van der Waals surface area (Å²) in [6.07, 6.45) is 0. The summed E-state index contributed by atoms with van der Waals surface area (Å²) in [6, 6.07) is 9.89. The molecule has 8 heteroatoms. The van der Waals surface area contributed by atoms with Gasteiger partial charge in [-0.25, -0.2) is 12.7 Å². The number of halogens is 1. The van der Waals surface area contributed by atoms with Crippen LogP contribution < -0.4 is 9.62 Å². The quantitative estimate of drug-likeness (QED) is 0.815. The molecule has 0 atom stereocenters. The molecule has 1 fully saturated rings. The highest BCUT2D eigenvalue weighted by molar-refractivity contribution is 7.94. The van der Waals surface area contributed by atoms with Crippen LogP contribution >= 0.6 is 11.6 Å². The van der Waals surface area contributed by atoms with E-state index in [0.29, 0.717) is 9.99 Å². The summed E-state index contributed by atoms with van der Waals surface area (Å²) in [6.45, 7) is 6.98. The Morgan fingerprint density at radius 2 is 1.71 bits per heavy atom. The van der Waals surface area contributed by atoms with Gasteiger partial charge in [-0.15, -0.1) is 0 Å². The number of hydrogen-bond donors (Lipinski definition) is 1. The summed E-state index contributed by atoms with van der Waals surface area (Å²) in [7, 11) is -3.86. The van der Waals surface area contributed by atoms with Crippen molar-refractivity contribution < 1.29 is 18.0 Å². The van der Waals surface area contributed by atoms with Crippen LogP contribution in [0.1, 0.15) is 35.3 Å².